The first-order chi connectivity index (χ1) is 13.2. The molecule has 1 amide bonds. The maximum atomic E-state index is 13.2. The Balaban J connectivity index is 2.03. The summed E-state index contributed by atoms with van der Waals surface area (Å²) < 4.78 is 45.7. The number of alkyl halides is 3. The summed E-state index contributed by atoms with van der Waals surface area (Å²) in [7, 11) is 0. The fourth-order valence-corrected chi connectivity index (χ4v) is 2.95. The lowest BCUT2D eigenvalue weighted by molar-refractivity contribution is -0.138. The number of hydrogen-bond donors (Lipinski definition) is 1. The minimum absolute atomic E-state index is 0.0492. The van der Waals surface area contributed by atoms with Crippen LogP contribution in [-0.4, -0.2) is 26.5 Å². The highest BCUT2D eigenvalue weighted by atomic mass is 19.4. The van der Waals surface area contributed by atoms with Gasteiger partial charge in [0.2, 0.25) is 0 Å². The van der Waals surface area contributed by atoms with Crippen LogP contribution in [0.2, 0.25) is 0 Å². The molecular formula is C18H15F3N4O3. The Hall–Kier alpha value is -3.43. The number of esters is 1. The number of carbonyl (C=O) groups excluding carboxylic acids is 2. The summed E-state index contributed by atoms with van der Waals surface area (Å²) in [6.07, 6.45) is -3.11. The SMILES string of the molecule is CC(=O)Oc1cc(CCc2ccccc2C(F)(F)F)c2ncnn2c1C(N)=O. The third-order valence-corrected chi connectivity index (χ3v) is 4.06. The van der Waals surface area contributed by atoms with Gasteiger partial charge in [0.05, 0.1) is 5.56 Å². The summed E-state index contributed by atoms with van der Waals surface area (Å²) in [4.78, 5) is 27.2. The maximum absolute atomic E-state index is 13.2. The molecule has 0 spiro atoms. The van der Waals surface area contributed by atoms with E-state index in [1.807, 2.05) is 0 Å². The molecule has 0 aliphatic heterocycles. The van der Waals surface area contributed by atoms with Gasteiger partial charge in [-0.05, 0) is 30.5 Å². The van der Waals surface area contributed by atoms with Crippen LogP contribution in [0.5, 0.6) is 5.75 Å². The molecule has 0 unspecified atom stereocenters. The highest BCUT2D eigenvalue weighted by molar-refractivity contribution is 5.95. The zero-order valence-corrected chi connectivity index (χ0v) is 14.7. The van der Waals surface area contributed by atoms with Crippen molar-refractivity contribution < 1.29 is 27.5 Å². The van der Waals surface area contributed by atoms with Crippen LogP contribution in [0.1, 0.15) is 34.1 Å². The molecule has 0 radical (unpaired) electrons. The fraction of sp³-hybridized carbons (Fsp3) is 0.222. The Morgan fingerprint density at radius 1 is 1.18 bits per heavy atom. The number of rotatable bonds is 5. The number of hydrogen-bond acceptors (Lipinski definition) is 5. The molecule has 28 heavy (non-hydrogen) atoms. The van der Waals surface area contributed by atoms with Crippen molar-refractivity contribution in [2.75, 3.05) is 0 Å². The summed E-state index contributed by atoms with van der Waals surface area (Å²) in [5.74, 6) is -1.70. The van der Waals surface area contributed by atoms with Crippen molar-refractivity contribution in [3.05, 3.63) is 59.0 Å². The first kappa shape index (κ1) is 19.3. The smallest absolute Gasteiger partial charge is 0.416 e. The average molecular weight is 392 g/mol. The zero-order chi connectivity index (χ0) is 20.5. The number of ether oxygens (including phenoxy) is 1. The number of fused-ring (bicyclic) bond motifs is 1. The van der Waals surface area contributed by atoms with Gasteiger partial charge in [-0.15, -0.1) is 0 Å². The number of aryl methyl sites for hydroxylation is 2. The van der Waals surface area contributed by atoms with Gasteiger partial charge in [0.15, 0.2) is 17.1 Å². The quantitative estimate of drug-likeness (QED) is 0.673. The van der Waals surface area contributed by atoms with E-state index in [-0.39, 0.29) is 35.5 Å². The molecule has 0 aliphatic carbocycles. The Morgan fingerprint density at radius 2 is 1.86 bits per heavy atom. The van der Waals surface area contributed by atoms with Crippen molar-refractivity contribution >= 4 is 17.5 Å². The van der Waals surface area contributed by atoms with E-state index in [1.54, 1.807) is 0 Å². The van der Waals surface area contributed by atoms with Gasteiger partial charge in [-0.25, -0.2) is 9.50 Å². The molecule has 0 saturated heterocycles. The Bertz CT molecular complexity index is 1060. The number of nitrogens with zero attached hydrogens (tertiary/aromatic N) is 3. The third kappa shape index (κ3) is 3.80. The van der Waals surface area contributed by atoms with E-state index < -0.39 is 23.6 Å². The number of nitrogens with two attached hydrogens (primary N) is 1. The molecule has 1 aromatic carbocycles. The largest absolute Gasteiger partial charge is 0.424 e. The predicted octanol–water partition coefficient (Wildman–Crippen LogP) is 2.56. The molecule has 10 heteroatoms. The minimum Gasteiger partial charge on any atom is -0.424 e. The van der Waals surface area contributed by atoms with E-state index in [1.165, 1.54) is 30.6 Å². The normalized spacial score (nSPS) is 11.6. The minimum atomic E-state index is -4.47. The Morgan fingerprint density at radius 3 is 2.50 bits per heavy atom. The fourth-order valence-electron chi connectivity index (χ4n) is 2.95. The van der Waals surface area contributed by atoms with Crippen molar-refractivity contribution in [3.8, 4) is 5.75 Å². The van der Waals surface area contributed by atoms with E-state index >= 15 is 0 Å². The van der Waals surface area contributed by atoms with Crippen molar-refractivity contribution in [3.63, 3.8) is 0 Å². The van der Waals surface area contributed by atoms with Crippen LogP contribution in [-0.2, 0) is 23.8 Å². The van der Waals surface area contributed by atoms with Gasteiger partial charge in [-0.3, -0.25) is 9.59 Å². The summed E-state index contributed by atoms with van der Waals surface area (Å²) in [5.41, 5.74) is 5.27. The lowest BCUT2D eigenvalue weighted by Gasteiger charge is -2.14. The standard InChI is InChI=1S/C18H15F3N4O3/c1-10(26)28-14-8-12(17-23-9-24-25(17)15(14)16(22)27)7-6-11-4-2-3-5-13(11)18(19,20)21/h2-5,8-9H,6-7H2,1H3,(H2,22,27). The number of primary amides is 1. The summed E-state index contributed by atoms with van der Waals surface area (Å²) in [6, 6.07) is 6.64. The van der Waals surface area contributed by atoms with Crippen LogP contribution in [0, 0.1) is 0 Å². The van der Waals surface area contributed by atoms with E-state index in [9.17, 15) is 22.8 Å². The topological polar surface area (TPSA) is 99.6 Å². The molecule has 2 heterocycles. The molecule has 0 saturated carbocycles. The van der Waals surface area contributed by atoms with E-state index in [0.717, 1.165) is 17.5 Å². The lowest BCUT2D eigenvalue weighted by atomic mass is 9.99. The van der Waals surface area contributed by atoms with Gasteiger partial charge < -0.3 is 10.5 Å². The first-order valence-corrected chi connectivity index (χ1v) is 8.17. The molecule has 7 nitrogen and oxygen atoms in total. The lowest BCUT2D eigenvalue weighted by Crippen LogP contribution is -2.20. The second-order valence-electron chi connectivity index (χ2n) is 5.99. The highest BCUT2D eigenvalue weighted by Gasteiger charge is 2.32. The molecular weight excluding hydrogens is 377 g/mol. The van der Waals surface area contributed by atoms with Crippen LogP contribution in [0.4, 0.5) is 13.2 Å². The third-order valence-electron chi connectivity index (χ3n) is 4.06. The molecule has 0 atom stereocenters. The van der Waals surface area contributed by atoms with Crippen LogP contribution >= 0.6 is 0 Å². The number of pyridine rings is 1. The number of amides is 1. The number of benzene rings is 1. The number of carbonyl (C=O) groups is 2. The molecule has 2 N–H and O–H groups in total. The van der Waals surface area contributed by atoms with Gasteiger partial charge in [-0.1, -0.05) is 18.2 Å². The molecule has 2 aromatic heterocycles. The van der Waals surface area contributed by atoms with Crippen LogP contribution in [0.25, 0.3) is 5.65 Å². The van der Waals surface area contributed by atoms with Gasteiger partial charge >= 0.3 is 12.1 Å². The van der Waals surface area contributed by atoms with Crippen molar-refractivity contribution in [2.24, 2.45) is 5.73 Å². The van der Waals surface area contributed by atoms with Gasteiger partial charge in [0.1, 0.15) is 6.33 Å². The zero-order valence-electron chi connectivity index (χ0n) is 14.7. The molecule has 146 valence electrons. The summed E-state index contributed by atoms with van der Waals surface area (Å²) in [5, 5.41) is 3.91. The average Bonchev–Trinajstić information content (AvgIpc) is 3.07. The van der Waals surface area contributed by atoms with Crippen LogP contribution < -0.4 is 10.5 Å². The summed E-state index contributed by atoms with van der Waals surface area (Å²) in [6.45, 7) is 1.15. The van der Waals surface area contributed by atoms with Crippen LogP contribution in [0.15, 0.2) is 36.7 Å². The first-order valence-electron chi connectivity index (χ1n) is 8.17. The van der Waals surface area contributed by atoms with Gasteiger partial charge in [-0.2, -0.15) is 18.3 Å². The van der Waals surface area contributed by atoms with Crippen molar-refractivity contribution in [1.29, 1.82) is 0 Å². The van der Waals surface area contributed by atoms with Crippen LogP contribution in [0.3, 0.4) is 0 Å². The van der Waals surface area contributed by atoms with Gasteiger partial charge in [0.25, 0.3) is 5.91 Å². The second-order valence-corrected chi connectivity index (χ2v) is 5.99. The summed E-state index contributed by atoms with van der Waals surface area (Å²) >= 11 is 0. The van der Waals surface area contributed by atoms with E-state index in [0.29, 0.717) is 5.56 Å². The molecule has 0 aliphatic rings. The maximum Gasteiger partial charge on any atom is 0.416 e. The Kier molecular flexibility index (Phi) is 5.04. The van der Waals surface area contributed by atoms with E-state index in [2.05, 4.69) is 10.1 Å². The number of aromatic nitrogens is 3. The monoisotopic (exact) mass is 392 g/mol. The van der Waals surface area contributed by atoms with Crippen molar-refractivity contribution in [2.45, 2.75) is 25.9 Å². The molecule has 3 rings (SSSR count). The van der Waals surface area contributed by atoms with E-state index in [4.69, 9.17) is 10.5 Å². The molecule has 3 aromatic rings. The molecule has 0 fully saturated rings. The van der Waals surface area contributed by atoms with Gasteiger partial charge in [0, 0.05) is 12.5 Å². The highest BCUT2D eigenvalue weighted by Crippen LogP contribution is 2.33. The second kappa shape index (κ2) is 7.29. The Labute approximate surface area is 156 Å². The number of halogens is 3. The molecule has 0 bridgehead atoms. The predicted molar refractivity (Wildman–Crippen MR) is 91.7 cm³/mol. The van der Waals surface area contributed by atoms with Crippen molar-refractivity contribution in [1.82, 2.24) is 14.6 Å².